The molecule has 1 rings (SSSR count). The highest BCUT2D eigenvalue weighted by molar-refractivity contribution is 5.73. The molecule has 0 amide bonds. The van der Waals surface area contributed by atoms with Crippen molar-refractivity contribution in [2.45, 2.75) is 32.5 Å². The van der Waals surface area contributed by atoms with Gasteiger partial charge >= 0.3 is 12.6 Å². The monoisotopic (exact) mass is 273 g/mol. The molecular formula is C13H17F2NO3. The molecule has 106 valence electrons. The summed E-state index contributed by atoms with van der Waals surface area (Å²) in [7, 11) is 1.64. The lowest BCUT2D eigenvalue weighted by molar-refractivity contribution is -0.143. The fraction of sp³-hybridized carbons (Fsp3) is 0.462. The molecule has 0 saturated heterocycles. The maximum Gasteiger partial charge on any atom is 0.387 e. The van der Waals surface area contributed by atoms with Crippen molar-refractivity contribution in [2.75, 3.05) is 7.05 Å². The average Bonchev–Trinajstić information content (AvgIpc) is 2.31. The van der Waals surface area contributed by atoms with Crippen LogP contribution in [0.1, 0.15) is 18.9 Å². The standard InChI is InChI=1S/C13H17F2NO3/c1-3-10(12(17)18)16(2)8-9-6-4-5-7-11(9)19-13(14)15/h4-7,10,13H,3,8H2,1-2H3,(H,17,18). The van der Waals surface area contributed by atoms with E-state index in [0.29, 0.717) is 12.0 Å². The van der Waals surface area contributed by atoms with E-state index in [1.54, 1.807) is 37.1 Å². The first-order valence-electron chi connectivity index (χ1n) is 5.91. The van der Waals surface area contributed by atoms with Crippen molar-refractivity contribution >= 4 is 5.97 Å². The lowest BCUT2D eigenvalue weighted by Crippen LogP contribution is -2.37. The Morgan fingerprint density at radius 1 is 1.42 bits per heavy atom. The average molecular weight is 273 g/mol. The van der Waals surface area contributed by atoms with Gasteiger partial charge < -0.3 is 9.84 Å². The number of benzene rings is 1. The first kappa shape index (κ1) is 15.4. The quantitative estimate of drug-likeness (QED) is 0.829. The Morgan fingerprint density at radius 2 is 2.05 bits per heavy atom. The summed E-state index contributed by atoms with van der Waals surface area (Å²) in [5, 5.41) is 9.04. The topological polar surface area (TPSA) is 49.8 Å². The lowest BCUT2D eigenvalue weighted by Gasteiger charge is -2.24. The van der Waals surface area contributed by atoms with Crippen molar-refractivity contribution in [3.8, 4) is 5.75 Å². The summed E-state index contributed by atoms with van der Waals surface area (Å²) in [6.07, 6.45) is 0.434. The molecule has 6 heteroatoms. The molecule has 0 aliphatic carbocycles. The third-order valence-electron chi connectivity index (χ3n) is 2.81. The summed E-state index contributed by atoms with van der Waals surface area (Å²) in [4.78, 5) is 12.6. The normalized spacial score (nSPS) is 12.7. The van der Waals surface area contributed by atoms with Gasteiger partial charge in [-0.15, -0.1) is 0 Å². The minimum Gasteiger partial charge on any atom is -0.480 e. The van der Waals surface area contributed by atoms with Gasteiger partial charge in [0.05, 0.1) is 0 Å². The van der Waals surface area contributed by atoms with E-state index < -0.39 is 18.6 Å². The molecule has 1 unspecified atom stereocenters. The van der Waals surface area contributed by atoms with Gasteiger partial charge in [-0.25, -0.2) is 0 Å². The minimum atomic E-state index is -2.90. The van der Waals surface area contributed by atoms with Crippen molar-refractivity contribution in [1.29, 1.82) is 0 Å². The van der Waals surface area contributed by atoms with Crippen LogP contribution in [0.25, 0.3) is 0 Å². The molecular weight excluding hydrogens is 256 g/mol. The van der Waals surface area contributed by atoms with Gasteiger partial charge in [0.25, 0.3) is 0 Å². The number of para-hydroxylation sites is 1. The van der Waals surface area contributed by atoms with Crippen molar-refractivity contribution < 1.29 is 23.4 Å². The van der Waals surface area contributed by atoms with E-state index in [2.05, 4.69) is 4.74 Å². The fourth-order valence-electron chi connectivity index (χ4n) is 1.90. The molecule has 4 nitrogen and oxygen atoms in total. The fourth-order valence-corrected chi connectivity index (χ4v) is 1.90. The third kappa shape index (κ3) is 4.48. The largest absolute Gasteiger partial charge is 0.480 e. The van der Waals surface area contributed by atoms with E-state index in [-0.39, 0.29) is 12.3 Å². The number of nitrogens with zero attached hydrogens (tertiary/aromatic N) is 1. The molecule has 1 aromatic rings. The number of carboxylic acids is 1. The highest BCUT2D eigenvalue weighted by Crippen LogP contribution is 2.22. The molecule has 1 aromatic carbocycles. The maximum absolute atomic E-state index is 12.3. The van der Waals surface area contributed by atoms with Crippen LogP contribution in [0.5, 0.6) is 5.75 Å². The van der Waals surface area contributed by atoms with Gasteiger partial charge in [-0.05, 0) is 19.5 Å². The van der Waals surface area contributed by atoms with Crippen molar-refractivity contribution in [3.05, 3.63) is 29.8 Å². The van der Waals surface area contributed by atoms with Gasteiger partial charge in [-0.2, -0.15) is 8.78 Å². The number of ether oxygens (including phenoxy) is 1. The van der Waals surface area contributed by atoms with Crippen molar-refractivity contribution in [2.24, 2.45) is 0 Å². The molecule has 0 fully saturated rings. The van der Waals surface area contributed by atoms with Gasteiger partial charge in [0.2, 0.25) is 0 Å². The highest BCUT2D eigenvalue weighted by atomic mass is 19.3. The Morgan fingerprint density at radius 3 is 2.58 bits per heavy atom. The number of hydrogen-bond donors (Lipinski definition) is 1. The molecule has 0 aliphatic heterocycles. The Hall–Kier alpha value is -1.69. The number of likely N-dealkylation sites (N-methyl/N-ethyl adjacent to an activating group) is 1. The zero-order valence-corrected chi connectivity index (χ0v) is 10.8. The summed E-state index contributed by atoms with van der Waals surface area (Å²) >= 11 is 0. The maximum atomic E-state index is 12.3. The number of alkyl halides is 2. The van der Waals surface area contributed by atoms with Crippen LogP contribution < -0.4 is 4.74 Å². The number of carbonyl (C=O) groups is 1. The summed E-state index contributed by atoms with van der Waals surface area (Å²) in [5.74, 6) is -0.859. The minimum absolute atomic E-state index is 0.0737. The number of carboxylic acid groups (broad SMARTS) is 1. The Balaban J connectivity index is 2.83. The third-order valence-corrected chi connectivity index (χ3v) is 2.81. The van der Waals surface area contributed by atoms with Crippen LogP contribution in [0.15, 0.2) is 24.3 Å². The summed E-state index contributed by atoms with van der Waals surface area (Å²) < 4.78 is 28.9. The van der Waals surface area contributed by atoms with E-state index >= 15 is 0 Å². The molecule has 0 radical (unpaired) electrons. The smallest absolute Gasteiger partial charge is 0.387 e. The van der Waals surface area contributed by atoms with E-state index in [1.165, 1.54) is 6.07 Å². The van der Waals surface area contributed by atoms with E-state index in [0.717, 1.165) is 0 Å². The lowest BCUT2D eigenvalue weighted by atomic mass is 10.1. The zero-order valence-electron chi connectivity index (χ0n) is 10.8. The second kappa shape index (κ2) is 7.04. The van der Waals surface area contributed by atoms with Crippen LogP contribution in [-0.4, -0.2) is 35.7 Å². The van der Waals surface area contributed by atoms with Crippen molar-refractivity contribution in [1.82, 2.24) is 4.90 Å². The predicted molar refractivity (Wildman–Crippen MR) is 66.3 cm³/mol. The van der Waals surface area contributed by atoms with Gasteiger partial charge in [0, 0.05) is 12.1 Å². The predicted octanol–water partition coefficient (Wildman–Crippen LogP) is 2.58. The number of hydrogen-bond acceptors (Lipinski definition) is 3. The highest BCUT2D eigenvalue weighted by Gasteiger charge is 2.21. The molecule has 0 spiro atoms. The summed E-state index contributed by atoms with van der Waals surface area (Å²) in [6.45, 7) is -0.905. The van der Waals surface area contributed by atoms with Crippen LogP contribution >= 0.6 is 0 Å². The van der Waals surface area contributed by atoms with Crippen LogP contribution in [0.2, 0.25) is 0 Å². The number of rotatable bonds is 7. The van der Waals surface area contributed by atoms with Crippen LogP contribution in [0.4, 0.5) is 8.78 Å². The molecule has 0 bridgehead atoms. The summed E-state index contributed by atoms with van der Waals surface area (Å²) in [5.41, 5.74) is 0.532. The Bertz CT molecular complexity index is 426. The van der Waals surface area contributed by atoms with Gasteiger partial charge in [-0.1, -0.05) is 25.1 Å². The van der Waals surface area contributed by atoms with Gasteiger partial charge in [-0.3, -0.25) is 9.69 Å². The summed E-state index contributed by atoms with van der Waals surface area (Å²) in [6, 6.07) is 5.72. The number of aliphatic carboxylic acids is 1. The first-order valence-corrected chi connectivity index (χ1v) is 5.91. The molecule has 0 aromatic heterocycles. The molecule has 0 heterocycles. The van der Waals surface area contributed by atoms with Crippen LogP contribution in [-0.2, 0) is 11.3 Å². The van der Waals surface area contributed by atoms with E-state index in [1.807, 2.05) is 0 Å². The molecule has 0 aliphatic rings. The second-order valence-electron chi connectivity index (χ2n) is 4.16. The second-order valence-corrected chi connectivity index (χ2v) is 4.16. The van der Waals surface area contributed by atoms with Gasteiger partial charge in [0.15, 0.2) is 0 Å². The SMILES string of the molecule is CCC(C(=O)O)N(C)Cc1ccccc1OC(F)F. The van der Waals surface area contributed by atoms with Gasteiger partial charge in [0.1, 0.15) is 11.8 Å². The Labute approximate surface area is 110 Å². The van der Waals surface area contributed by atoms with Crippen molar-refractivity contribution in [3.63, 3.8) is 0 Å². The Kier molecular flexibility index (Phi) is 5.69. The van der Waals surface area contributed by atoms with Crippen LogP contribution in [0.3, 0.4) is 0 Å². The van der Waals surface area contributed by atoms with Crippen LogP contribution in [0, 0.1) is 0 Å². The zero-order chi connectivity index (χ0) is 14.4. The molecule has 1 N–H and O–H groups in total. The molecule has 1 atom stereocenters. The molecule has 19 heavy (non-hydrogen) atoms. The van der Waals surface area contributed by atoms with E-state index in [4.69, 9.17) is 5.11 Å². The van der Waals surface area contributed by atoms with E-state index in [9.17, 15) is 13.6 Å². The first-order chi connectivity index (χ1) is 8.95. The molecule has 0 saturated carbocycles. The number of halogens is 2.